The number of carbonyl (C=O) groups is 1. The molecule has 0 bridgehead atoms. The minimum atomic E-state index is 0.0322. The van der Waals surface area contributed by atoms with Crippen LogP contribution in [0.1, 0.15) is 33.1 Å². The fourth-order valence-corrected chi connectivity index (χ4v) is 4.58. The summed E-state index contributed by atoms with van der Waals surface area (Å²) in [5.74, 6) is 2.28. The summed E-state index contributed by atoms with van der Waals surface area (Å²) in [7, 11) is 0. The number of hydrogen-bond donors (Lipinski definition) is 0. The van der Waals surface area contributed by atoms with E-state index in [0.717, 1.165) is 34.2 Å². The standard InChI is InChI=1S/C22H21N5O3S/c1-12-7-14(3)27-21(23-12)24-22(25-27)31-10-18(28)17-8-13(2)26(15(17)4)16-5-6-19-20(9-16)30-11-29-19/h5-9H,10-11H2,1-4H3. The van der Waals surface area contributed by atoms with Crippen LogP contribution in [0.15, 0.2) is 35.5 Å². The second kappa shape index (κ2) is 7.42. The molecular formula is C22H21N5O3S. The molecule has 5 rings (SSSR count). The van der Waals surface area contributed by atoms with Gasteiger partial charge in [-0.15, -0.1) is 5.10 Å². The number of ether oxygens (including phenoxy) is 2. The molecule has 8 nitrogen and oxygen atoms in total. The number of aromatic nitrogens is 5. The minimum Gasteiger partial charge on any atom is -0.454 e. The van der Waals surface area contributed by atoms with Crippen molar-refractivity contribution in [1.29, 1.82) is 0 Å². The zero-order valence-electron chi connectivity index (χ0n) is 17.7. The highest BCUT2D eigenvalue weighted by Crippen LogP contribution is 2.35. The first-order valence-corrected chi connectivity index (χ1v) is 10.9. The average molecular weight is 436 g/mol. The quantitative estimate of drug-likeness (QED) is 0.348. The van der Waals surface area contributed by atoms with E-state index in [1.807, 2.05) is 58.0 Å². The zero-order chi connectivity index (χ0) is 21.7. The van der Waals surface area contributed by atoms with Crippen molar-refractivity contribution in [2.45, 2.75) is 32.9 Å². The largest absolute Gasteiger partial charge is 0.454 e. The summed E-state index contributed by atoms with van der Waals surface area (Å²) in [6.45, 7) is 8.06. The first-order chi connectivity index (χ1) is 14.9. The number of hydrogen-bond acceptors (Lipinski definition) is 7. The lowest BCUT2D eigenvalue weighted by molar-refractivity contribution is 0.102. The third-order valence-corrected chi connectivity index (χ3v) is 6.11. The number of fused-ring (bicyclic) bond motifs is 2. The minimum absolute atomic E-state index is 0.0322. The van der Waals surface area contributed by atoms with Crippen molar-refractivity contribution >= 4 is 23.3 Å². The Bertz CT molecular complexity index is 1340. The van der Waals surface area contributed by atoms with Gasteiger partial charge in [-0.1, -0.05) is 11.8 Å². The third-order valence-electron chi connectivity index (χ3n) is 5.28. The molecule has 0 saturated heterocycles. The van der Waals surface area contributed by atoms with Crippen LogP contribution < -0.4 is 9.47 Å². The zero-order valence-corrected chi connectivity index (χ0v) is 18.5. The highest BCUT2D eigenvalue weighted by molar-refractivity contribution is 7.99. The average Bonchev–Trinajstić information content (AvgIpc) is 3.42. The molecule has 0 amide bonds. The van der Waals surface area contributed by atoms with Crippen LogP contribution in [0, 0.1) is 27.7 Å². The molecule has 0 atom stereocenters. The van der Waals surface area contributed by atoms with Gasteiger partial charge in [0.05, 0.1) is 5.75 Å². The maximum Gasteiger partial charge on any atom is 0.253 e. The maximum absolute atomic E-state index is 13.0. The van der Waals surface area contributed by atoms with Crippen LogP contribution in [0.5, 0.6) is 11.5 Å². The predicted molar refractivity (Wildman–Crippen MR) is 117 cm³/mol. The highest BCUT2D eigenvalue weighted by atomic mass is 32.2. The fraction of sp³-hybridized carbons (Fsp3) is 0.273. The van der Waals surface area contributed by atoms with Crippen molar-refractivity contribution < 1.29 is 14.3 Å². The summed E-state index contributed by atoms with van der Waals surface area (Å²) in [6, 6.07) is 9.67. The summed E-state index contributed by atoms with van der Waals surface area (Å²) in [5, 5.41) is 5.01. The number of Topliss-reactive ketones (excluding diaryl/α,β-unsaturated/α-hetero) is 1. The molecule has 0 radical (unpaired) electrons. The topological polar surface area (TPSA) is 83.5 Å². The predicted octanol–water partition coefficient (Wildman–Crippen LogP) is 3.85. The molecule has 1 aliphatic heterocycles. The van der Waals surface area contributed by atoms with E-state index in [-0.39, 0.29) is 18.3 Å². The molecule has 0 N–H and O–H groups in total. The molecule has 1 aliphatic rings. The van der Waals surface area contributed by atoms with Gasteiger partial charge in [0.15, 0.2) is 17.3 Å². The van der Waals surface area contributed by atoms with Crippen LogP contribution in [0.4, 0.5) is 0 Å². The molecule has 0 unspecified atom stereocenters. The Labute approximate surface area is 183 Å². The van der Waals surface area contributed by atoms with Crippen molar-refractivity contribution in [2.75, 3.05) is 12.5 Å². The van der Waals surface area contributed by atoms with Gasteiger partial charge in [0.2, 0.25) is 11.9 Å². The Hall–Kier alpha value is -3.33. The van der Waals surface area contributed by atoms with E-state index in [9.17, 15) is 4.79 Å². The number of thioether (sulfide) groups is 1. The molecule has 1 aromatic carbocycles. The van der Waals surface area contributed by atoms with Crippen LogP contribution in [0.25, 0.3) is 11.5 Å². The number of rotatable bonds is 5. The van der Waals surface area contributed by atoms with Gasteiger partial charge in [0, 0.05) is 40.1 Å². The summed E-state index contributed by atoms with van der Waals surface area (Å²) in [4.78, 5) is 21.8. The Morgan fingerprint density at radius 2 is 1.84 bits per heavy atom. The van der Waals surface area contributed by atoms with E-state index >= 15 is 0 Å². The lowest BCUT2D eigenvalue weighted by Gasteiger charge is -2.10. The Morgan fingerprint density at radius 1 is 1.03 bits per heavy atom. The van der Waals surface area contributed by atoms with E-state index < -0.39 is 0 Å². The van der Waals surface area contributed by atoms with E-state index in [1.165, 1.54) is 11.8 Å². The summed E-state index contributed by atoms with van der Waals surface area (Å²) in [5.41, 5.74) is 5.34. The maximum atomic E-state index is 13.0. The van der Waals surface area contributed by atoms with Crippen LogP contribution >= 0.6 is 11.8 Å². The van der Waals surface area contributed by atoms with Gasteiger partial charge in [-0.25, -0.2) is 9.50 Å². The van der Waals surface area contributed by atoms with Gasteiger partial charge >= 0.3 is 0 Å². The Kier molecular flexibility index (Phi) is 4.70. The summed E-state index contributed by atoms with van der Waals surface area (Å²) < 4.78 is 14.6. The Balaban J connectivity index is 1.38. The fourth-order valence-electron chi connectivity index (χ4n) is 3.88. The highest BCUT2D eigenvalue weighted by Gasteiger charge is 2.20. The molecule has 4 heterocycles. The van der Waals surface area contributed by atoms with Crippen LogP contribution in [-0.4, -0.2) is 42.5 Å². The van der Waals surface area contributed by atoms with Gasteiger partial charge in [0.1, 0.15) is 0 Å². The number of ketones is 1. The van der Waals surface area contributed by atoms with Gasteiger partial charge < -0.3 is 14.0 Å². The van der Waals surface area contributed by atoms with Crippen molar-refractivity contribution in [3.63, 3.8) is 0 Å². The van der Waals surface area contributed by atoms with Crippen molar-refractivity contribution in [2.24, 2.45) is 0 Å². The van der Waals surface area contributed by atoms with Crippen molar-refractivity contribution in [3.05, 3.63) is 58.7 Å². The number of carbonyl (C=O) groups excluding carboxylic acids is 1. The monoisotopic (exact) mass is 435 g/mol. The van der Waals surface area contributed by atoms with E-state index in [2.05, 4.69) is 19.6 Å². The molecule has 9 heteroatoms. The molecule has 0 saturated carbocycles. The summed E-state index contributed by atoms with van der Waals surface area (Å²) >= 11 is 1.32. The number of benzene rings is 1. The third kappa shape index (κ3) is 3.44. The molecular weight excluding hydrogens is 414 g/mol. The first kappa shape index (κ1) is 19.6. The van der Waals surface area contributed by atoms with Crippen molar-refractivity contribution in [1.82, 2.24) is 24.1 Å². The molecule has 31 heavy (non-hydrogen) atoms. The normalized spacial score (nSPS) is 12.6. The van der Waals surface area contributed by atoms with Crippen LogP contribution in [0.3, 0.4) is 0 Å². The van der Waals surface area contributed by atoms with Crippen molar-refractivity contribution in [3.8, 4) is 17.2 Å². The van der Waals surface area contributed by atoms with Crippen LogP contribution in [-0.2, 0) is 0 Å². The van der Waals surface area contributed by atoms with E-state index in [4.69, 9.17) is 9.47 Å². The Morgan fingerprint density at radius 3 is 2.68 bits per heavy atom. The molecule has 3 aromatic heterocycles. The summed E-state index contributed by atoms with van der Waals surface area (Å²) in [6.07, 6.45) is 0. The second-order valence-electron chi connectivity index (χ2n) is 7.51. The van der Waals surface area contributed by atoms with E-state index in [0.29, 0.717) is 22.2 Å². The lowest BCUT2D eigenvalue weighted by Crippen LogP contribution is -2.06. The van der Waals surface area contributed by atoms with Crippen LogP contribution in [0.2, 0.25) is 0 Å². The van der Waals surface area contributed by atoms with Gasteiger partial charge in [0.25, 0.3) is 5.78 Å². The van der Waals surface area contributed by atoms with Gasteiger partial charge in [-0.2, -0.15) is 4.98 Å². The smallest absolute Gasteiger partial charge is 0.253 e. The second-order valence-corrected chi connectivity index (χ2v) is 8.46. The number of nitrogens with zero attached hydrogens (tertiary/aromatic N) is 5. The lowest BCUT2D eigenvalue weighted by atomic mass is 10.2. The van der Waals surface area contributed by atoms with E-state index in [1.54, 1.807) is 4.52 Å². The first-order valence-electron chi connectivity index (χ1n) is 9.86. The number of aryl methyl sites for hydroxylation is 3. The van der Waals surface area contributed by atoms with Gasteiger partial charge in [-0.05, 0) is 52.0 Å². The molecule has 0 aliphatic carbocycles. The molecule has 0 fully saturated rings. The molecule has 0 spiro atoms. The van der Waals surface area contributed by atoms with Gasteiger partial charge in [-0.3, -0.25) is 4.79 Å². The SMILES string of the molecule is Cc1cc(C)n2nc(SCC(=O)c3cc(C)n(-c4ccc5c(c4)OCO5)c3C)nc2n1. The molecule has 158 valence electrons. The molecule has 4 aromatic rings.